The molecule has 0 aliphatic carbocycles. The second-order valence-corrected chi connectivity index (χ2v) is 6.27. The predicted octanol–water partition coefficient (Wildman–Crippen LogP) is 3.84. The van der Waals surface area contributed by atoms with Crippen LogP contribution in [-0.2, 0) is 4.79 Å². The van der Waals surface area contributed by atoms with Crippen LogP contribution in [0.1, 0.15) is 35.3 Å². The number of carbonyl (C=O) groups excluding carboxylic acids is 2. The summed E-state index contributed by atoms with van der Waals surface area (Å²) in [6.45, 7) is 9.51. The number of hydrogen-bond acceptors (Lipinski definition) is 3. The summed E-state index contributed by atoms with van der Waals surface area (Å²) in [6.07, 6.45) is 0. The van der Waals surface area contributed by atoms with Gasteiger partial charge < -0.3 is 15.5 Å². The number of nitrogens with zero attached hydrogens (tertiary/aromatic N) is 1. The molecule has 0 bridgehead atoms. The van der Waals surface area contributed by atoms with Gasteiger partial charge in [0.1, 0.15) is 0 Å². The first-order valence-electron chi connectivity index (χ1n) is 8.95. The van der Waals surface area contributed by atoms with Crippen molar-refractivity contribution in [3.63, 3.8) is 0 Å². The van der Waals surface area contributed by atoms with Gasteiger partial charge in [0.25, 0.3) is 5.91 Å². The molecule has 0 fully saturated rings. The van der Waals surface area contributed by atoms with Gasteiger partial charge in [0.15, 0.2) is 0 Å². The van der Waals surface area contributed by atoms with Crippen LogP contribution in [0.5, 0.6) is 0 Å². The molecule has 0 atom stereocenters. The monoisotopic (exact) mass is 353 g/mol. The average Bonchev–Trinajstić information content (AvgIpc) is 2.62. The number of amides is 2. The molecule has 0 aromatic heterocycles. The van der Waals surface area contributed by atoms with Gasteiger partial charge in [-0.3, -0.25) is 9.59 Å². The van der Waals surface area contributed by atoms with Crippen molar-refractivity contribution >= 4 is 23.2 Å². The SMILES string of the molecule is CCN(CC)C(=O)c1ccc(NC(=O)CNc2ccc(C)cc2C)cc1. The highest BCUT2D eigenvalue weighted by Gasteiger charge is 2.12. The maximum atomic E-state index is 12.3. The molecule has 138 valence electrons. The maximum absolute atomic E-state index is 12.3. The Morgan fingerprint density at radius 3 is 2.19 bits per heavy atom. The van der Waals surface area contributed by atoms with Gasteiger partial charge in [0.05, 0.1) is 6.54 Å². The molecule has 0 spiro atoms. The Hall–Kier alpha value is -2.82. The Bertz CT molecular complexity index is 765. The Labute approximate surface area is 155 Å². The minimum absolute atomic E-state index is 0.00406. The summed E-state index contributed by atoms with van der Waals surface area (Å²) >= 11 is 0. The van der Waals surface area contributed by atoms with E-state index in [1.165, 1.54) is 5.56 Å². The summed E-state index contributed by atoms with van der Waals surface area (Å²) in [5.41, 5.74) is 4.55. The average molecular weight is 353 g/mol. The van der Waals surface area contributed by atoms with Crippen LogP contribution in [0.4, 0.5) is 11.4 Å². The van der Waals surface area contributed by atoms with Crippen LogP contribution in [0.25, 0.3) is 0 Å². The number of benzene rings is 2. The third-order valence-electron chi connectivity index (χ3n) is 4.29. The van der Waals surface area contributed by atoms with Crippen LogP contribution in [0.3, 0.4) is 0 Å². The topological polar surface area (TPSA) is 61.4 Å². The minimum Gasteiger partial charge on any atom is -0.376 e. The van der Waals surface area contributed by atoms with Gasteiger partial charge in [0.2, 0.25) is 5.91 Å². The number of aryl methyl sites for hydroxylation is 2. The molecular weight excluding hydrogens is 326 g/mol. The number of nitrogens with one attached hydrogen (secondary N) is 2. The lowest BCUT2D eigenvalue weighted by Gasteiger charge is -2.18. The number of anilines is 2. The lowest BCUT2D eigenvalue weighted by molar-refractivity contribution is -0.114. The van der Waals surface area contributed by atoms with Gasteiger partial charge >= 0.3 is 0 Å². The summed E-state index contributed by atoms with van der Waals surface area (Å²) in [5.74, 6) is -0.128. The standard InChI is InChI=1S/C21H27N3O2/c1-5-24(6-2)21(26)17-8-10-18(11-9-17)23-20(25)14-22-19-12-7-15(3)13-16(19)4/h7-13,22H,5-6,14H2,1-4H3,(H,23,25). The molecule has 0 saturated heterocycles. The van der Waals surface area contributed by atoms with Gasteiger partial charge in [-0.2, -0.15) is 0 Å². The van der Waals surface area contributed by atoms with Crippen molar-refractivity contribution in [2.24, 2.45) is 0 Å². The van der Waals surface area contributed by atoms with Gasteiger partial charge in [-0.05, 0) is 63.6 Å². The number of rotatable bonds is 7. The maximum Gasteiger partial charge on any atom is 0.253 e. The molecule has 0 saturated carbocycles. The molecule has 0 aliphatic heterocycles. The van der Waals surface area contributed by atoms with Crippen molar-refractivity contribution in [3.05, 3.63) is 59.2 Å². The second kappa shape index (κ2) is 9.04. The van der Waals surface area contributed by atoms with E-state index in [0.29, 0.717) is 24.3 Å². The van der Waals surface area contributed by atoms with E-state index >= 15 is 0 Å². The fraction of sp³-hybridized carbons (Fsp3) is 0.333. The molecule has 2 amide bonds. The molecule has 0 unspecified atom stereocenters. The van der Waals surface area contributed by atoms with Crippen LogP contribution in [-0.4, -0.2) is 36.3 Å². The number of hydrogen-bond donors (Lipinski definition) is 2. The molecule has 2 aromatic carbocycles. The van der Waals surface area contributed by atoms with Crippen LogP contribution in [0.15, 0.2) is 42.5 Å². The molecule has 0 radical (unpaired) electrons. The fourth-order valence-corrected chi connectivity index (χ4v) is 2.78. The van der Waals surface area contributed by atoms with Crippen molar-refractivity contribution in [1.82, 2.24) is 4.90 Å². The molecular formula is C21H27N3O2. The van der Waals surface area contributed by atoms with E-state index < -0.39 is 0 Å². The first kappa shape index (κ1) is 19.5. The molecule has 5 heteroatoms. The van der Waals surface area contributed by atoms with Crippen LogP contribution >= 0.6 is 0 Å². The van der Waals surface area contributed by atoms with Crippen molar-refractivity contribution in [2.45, 2.75) is 27.7 Å². The third-order valence-corrected chi connectivity index (χ3v) is 4.29. The molecule has 26 heavy (non-hydrogen) atoms. The lowest BCUT2D eigenvalue weighted by Crippen LogP contribution is -2.30. The Kier molecular flexibility index (Phi) is 6.78. The predicted molar refractivity (Wildman–Crippen MR) is 107 cm³/mol. The summed E-state index contributed by atoms with van der Waals surface area (Å²) in [7, 11) is 0. The number of carbonyl (C=O) groups is 2. The summed E-state index contributed by atoms with van der Waals surface area (Å²) < 4.78 is 0. The molecule has 2 N–H and O–H groups in total. The highest BCUT2D eigenvalue weighted by Crippen LogP contribution is 2.16. The largest absolute Gasteiger partial charge is 0.376 e. The summed E-state index contributed by atoms with van der Waals surface area (Å²) in [4.78, 5) is 26.2. The molecule has 0 heterocycles. The van der Waals surface area contributed by atoms with E-state index in [2.05, 4.69) is 16.7 Å². The first-order chi connectivity index (χ1) is 12.4. The Balaban J connectivity index is 1.92. The second-order valence-electron chi connectivity index (χ2n) is 6.27. The minimum atomic E-state index is -0.132. The van der Waals surface area contributed by atoms with Crippen molar-refractivity contribution < 1.29 is 9.59 Å². The zero-order valence-corrected chi connectivity index (χ0v) is 15.9. The van der Waals surface area contributed by atoms with Crippen molar-refractivity contribution in [1.29, 1.82) is 0 Å². The molecule has 0 aliphatic rings. The zero-order chi connectivity index (χ0) is 19.1. The molecule has 2 aromatic rings. The highest BCUT2D eigenvalue weighted by atomic mass is 16.2. The van der Waals surface area contributed by atoms with Crippen molar-refractivity contribution in [2.75, 3.05) is 30.3 Å². The van der Waals surface area contributed by atoms with E-state index in [-0.39, 0.29) is 18.4 Å². The summed E-state index contributed by atoms with van der Waals surface area (Å²) in [6, 6.07) is 13.1. The van der Waals surface area contributed by atoms with Crippen LogP contribution in [0, 0.1) is 13.8 Å². The lowest BCUT2D eigenvalue weighted by atomic mass is 10.1. The zero-order valence-electron chi connectivity index (χ0n) is 15.9. The van der Waals surface area contributed by atoms with Gasteiger partial charge in [-0.25, -0.2) is 0 Å². The van der Waals surface area contributed by atoms with Crippen LogP contribution < -0.4 is 10.6 Å². The first-order valence-corrected chi connectivity index (χ1v) is 8.95. The normalized spacial score (nSPS) is 10.3. The Morgan fingerprint density at radius 1 is 0.962 bits per heavy atom. The fourth-order valence-electron chi connectivity index (χ4n) is 2.78. The van der Waals surface area contributed by atoms with E-state index in [0.717, 1.165) is 11.3 Å². The van der Waals surface area contributed by atoms with E-state index in [1.807, 2.05) is 39.8 Å². The quantitative estimate of drug-likeness (QED) is 0.795. The van der Waals surface area contributed by atoms with E-state index in [1.54, 1.807) is 29.2 Å². The van der Waals surface area contributed by atoms with Gasteiger partial charge in [-0.1, -0.05) is 17.7 Å². The third kappa shape index (κ3) is 5.09. The molecule has 2 rings (SSSR count). The van der Waals surface area contributed by atoms with Gasteiger partial charge in [0, 0.05) is 30.0 Å². The summed E-state index contributed by atoms with van der Waals surface area (Å²) in [5, 5.41) is 5.99. The Morgan fingerprint density at radius 2 is 1.62 bits per heavy atom. The molecule has 5 nitrogen and oxygen atoms in total. The van der Waals surface area contributed by atoms with E-state index in [4.69, 9.17) is 0 Å². The van der Waals surface area contributed by atoms with Crippen LogP contribution in [0.2, 0.25) is 0 Å². The highest BCUT2D eigenvalue weighted by molar-refractivity contribution is 5.96. The van der Waals surface area contributed by atoms with E-state index in [9.17, 15) is 9.59 Å². The smallest absolute Gasteiger partial charge is 0.253 e. The van der Waals surface area contributed by atoms with Gasteiger partial charge in [-0.15, -0.1) is 0 Å². The van der Waals surface area contributed by atoms with Crippen molar-refractivity contribution in [3.8, 4) is 0 Å².